The quantitative estimate of drug-likeness (QED) is 0.357. The van der Waals surface area contributed by atoms with Crippen molar-refractivity contribution < 1.29 is 31.1 Å². The highest BCUT2D eigenvalue weighted by molar-refractivity contribution is 5.92. The van der Waals surface area contributed by atoms with Crippen LogP contribution in [-0.4, -0.2) is 66.5 Å². The summed E-state index contributed by atoms with van der Waals surface area (Å²) >= 11 is 0. The van der Waals surface area contributed by atoms with Gasteiger partial charge in [0.15, 0.2) is 11.4 Å². The van der Waals surface area contributed by atoms with Crippen LogP contribution >= 0.6 is 0 Å². The van der Waals surface area contributed by atoms with Gasteiger partial charge in [-0.2, -0.15) is 36.5 Å². The molecular weight excluding hydrogens is 530 g/mol. The van der Waals surface area contributed by atoms with E-state index >= 15 is 0 Å². The molecule has 0 bridgehead atoms. The van der Waals surface area contributed by atoms with E-state index in [2.05, 4.69) is 20.2 Å². The summed E-state index contributed by atoms with van der Waals surface area (Å²) < 4.78 is 82.2. The molecule has 0 radical (unpaired) electrons. The summed E-state index contributed by atoms with van der Waals surface area (Å²) in [6, 6.07) is 7.11. The number of carbonyl (C=O) groups is 1. The predicted octanol–water partition coefficient (Wildman–Crippen LogP) is 4.06. The molecular formula is C24H20F6N8O. The van der Waals surface area contributed by atoms with Crippen molar-refractivity contribution in [2.45, 2.75) is 12.4 Å². The number of hydrogen-bond acceptors (Lipinski definition) is 6. The van der Waals surface area contributed by atoms with E-state index in [0.29, 0.717) is 24.3 Å². The summed E-state index contributed by atoms with van der Waals surface area (Å²) in [5.74, 6) is -0.853. The Balaban J connectivity index is 1.33. The van der Waals surface area contributed by atoms with Gasteiger partial charge in [-0.15, -0.1) is 0 Å². The molecule has 0 spiro atoms. The molecule has 0 unspecified atom stereocenters. The van der Waals surface area contributed by atoms with E-state index < -0.39 is 29.5 Å². The highest BCUT2D eigenvalue weighted by atomic mass is 19.4. The number of carbonyl (C=O) groups excluding carboxylic acids is 1. The van der Waals surface area contributed by atoms with Crippen LogP contribution in [0.15, 0.2) is 55.0 Å². The van der Waals surface area contributed by atoms with Gasteiger partial charge in [-0.3, -0.25) is 9.48 Å². The largest absolute Gasteiger partial charge is 0.433 e. The Kier molecular flexibility index (Phi) is 6.52. The van der Waals surface area contributed by atoms with Gasteiger partial charge < -0.3 is 9.80 Å². The van der Waals surface area contributed by atoms with Crippen LogP contribution in [0.4, 0.5) is 32.0 Å². The molecule has 1 saturated heterocycles. The molecule has 0 saturated carbocycles. The van der Waals surface area contributed by atoms with E-state index in [4.69, 9.17) is 0 Å². The Morgan fingerprint density at radius 2 is 1.67 bits per heavy atom. The zero-order valence-corrected chi connectivity index (χ0v) is 20.3. The van der Waals surface area contributed by atoms with Crippen LogP contribution in [0, 0.1) is 0 Å². The molecule has 39 heavy (non-hydrogen) atoms. The molecule has 4 aromatic rings. The molecule has 3 aromatic heterocycles. The number of rotatable bonds is 4. The third kappa shape index (κ3) is 5.56. The molecule has 4 heterocycles. The first-order valence-electron chi connectivity index (χ1n) is 11.6. The Morgan fingerprint density at radius 1 is 0.923 bits per heavy atom. The summed E-state index contributed by atoms with van der Waals surface area (Å²) in [7, 11) is 1.61. The molecule has 1 amide bonds. The van der Waals surface area contributed by atoms with Crippen LogP contribution in [0.2, 0.25) is 0 Å². The van der Waals surface area contributed by atoms with Gasteiger partial charge in [0.25, 0.3) is 11.9 Å². The molecule has 9 nitrogen and oxygen atoms in total. The molecule has 5 rings (SSSR count). The van der Waals surface area contributed by atoms with Gasteiger partial charge >= 0.3 is 12.4 Å². The molecule has 15 heteroatoms. The van der Waals surface area contributed by atoms with E-state index in [1.807, 2.05) is 0 Å². The summed E-state index contributed by atoms with van der Waals surface area (Å²) in [5.41, 5.74) is -1.25. The van der Waals surface area contributed by atoms with Crippen molar-refractivity contribution in [2.24, 2.45) is 7.05 Å². The normalized spacial score (nSPS) is 14.6. The highest BCUT2D eigenvalue weighted by Gasteiger charge is 2.35. The number of amides is 1. The van der Waals surface area contributed by atoms with E-state index in [-0.39, 0.29) is 30.4 Å². The van der Waals surface area contributed by atoms with E-state index in [1.165, 1.54) is 40.3 Å². The third-order valence-electron chi connectivity index (χ3n) is 6.12. The Bertz CT molecular complexity index is 1500. The number of benzene rings is 1. The van der Waals surface area contributed by atoms with Crippen molar-refractivity contribution in [3.05, 3.63) is 71.9 Å². The third-order valence-corrected chi connectivity index (χ3v) is 6.12. The summed E-state index contributed by atoms with van der Waals surface area (Å²) in [6.07, 6.45) is -5.06. The summed E-state index contributed by atoms with van der Waals surface area (Å²) in [4.78, 5) is 24.0. The Hall–Kier alpha value is -4.43. The maximum Gasteiger partial charge on any atom is 0.433 e. The first-order chi connectivity index (χ1) is 18.4. The first-order valence-corrected chi connectivity index (χ1v) is 11.6. The zero-order valence-electron chi connectivity index (χ0n) is 20.3. The second-order valence-corrected chi connectivity index (χ2v) is 8.81. The maximum absolute atomic E-state index is 13.5. The number of aryl methyl sites for hydroxylation is 1. The smallest absolute Gasteiger partial charge is 0.368 e. The second-order valence-electron chi connectivity index (χ2n) is 8.81. The first kappa shape index (κ1) is 26.2. The van der Waals surface area contributed by atoms with Crippen LogP contribution in [-0.2, 0) is 19.4 Å². The predicted molar refractivity (Wildman–Crippen MR) is 126 cm³/mol. The lowest BCUT2D eigenvalue weighted by molar-refractivity contribution is -0.141. The second kappa shape index (κ2) is 9.71. The van der Waals surface area contributed by atoms with Crippen molar-refractivity contribution in [3.8, 4) is 17.2 Å². The minimum Gasteiger partial charge on any atom is -0.368 e. The number of halogens is 6. The number of alkyl halides is 6. The van der Waals surface area contributed by atoms with Crippen molar-refractivity contribution in [2.75, 3.05) is 31.1 Å². The maximum atomic E-state index is 13.5. The lowest BCUT2D eigenvalue weighted by atomic mass is 10.1. The number of aromatic nitrogens is 6. The molecule has 1 fully saturated rings. The van der Waals surface area contributed by atoms with Crippen molar-refractivity contribution in [1.82, 2.24) is 34.4 Å². The van der Waals surface area contributed by atoms with Gasteiger partial charge in [0.1, 0.15) is 0 Å². The fourth-order valence-electron chi connectivity index (χ4n) is 4.14. The number of hydrogen-bond donors (Lipinski definition) is 0. The average Bonchev–Trinajstić information content (AvgIpc) is 3.57. The fourth-order valence-corrected chi connectivity index (χ4v) is 4.14. The number of anilines is 1. The topological polar surface area (TPSA) is 85.0 Å². The van der Waals surface area contributed by atoms with E-state index in [9.17, 15) is 31.1 Å². The van der Waals surface area contributed by atoms with Crippen LogP contribution < -0.4 is 4.90 Å². The van der Waals surface area contributed by atoms with Gasteiger partial charge in [0, 0.05) is 56.9 Å². The molecule has 0 aliphatic carbocycles. The summed E-state index contributed by atoms with van der Waals surface area (Å²) in [6.45, 7) is 1.01. The Morgan fingerprint density at radius 3 is 2.31 bits per heavy atom. The molecule has 204 valence electrons. The highest BCUT2D eigenvalue weighted by Crippen LogP contribution is 2.32. The zero-order chi connectivity index (χ0) is 27.9. The molecule has 0 atom stereocenters. The molecule has 0 N–H and O–H groups in total. The molecule has 1 aliphatic rings. The van der Waals surface area contributed by atoms with Crippen LogP contribution in [0.1, 0.15) is 21.7 Å². The minimum absolute atomic E-state index is 0.0190. The van der Waals surface area contributed by atoms with Gasteiger partial charge in [-0.25, -0.2) is 14.6 Å². The van der Waals surface area contributed by atoms with Crippen molar-refractivity contribution in [3.63, 3.8) is 0 Å². The van der Waals surface area contributed by atoms with Crippen molar-refractivity contribution >= 4 is 11.6 Å². The molecule has 1 aliphatic heterocycles. The Labute approximate surface area is 217 Å². The standard InChI is InChI=1S/C24H20F6N8O/c1-35-14-15(13-31-35)19-12-20(24(28,29)30)33-22(32-19)38-6-5-18(34-38)21(39)37-9-7-36(8-10-37)17-4-2-3-16(11-17)23(25,26)27/h2-6,11-14H,7-10H2,1H3. The van der Waals surface area contributed by atoms with Crippen LogP contribution in [0.25, 0.3) is 17.2 Å². The van der Waals surface area contributed by atoms with Gasteiger partial charge in [0.05, 0.1) is 17.5 Å². The lowest BCUT2D eigenvalue weighted by Gasteiger charge is -2.36. The van der Waals surface area contributed by atoms with Gasteiger partial charge in [-0.05, 0) is 30.3 Å². The van der Waals surface area contributed by atoms with Crippen LogP contribution in [0.5, 0.6) is 0 Å². The fraction of sp³-hybridized carbons (Fsp3) is 0.292. The summed E-state index contributed by atoms with van der Waals surface area (Å²) in [5, 5.41) is 8.06. The average molecular weight is 550 g/mol. The lowest BCUT2D eigenvalue weighted by Crippen LogP contribution is -2.49. The van der Waals surface area contributed by atoms with Gasteiger partial charge in [0.2, 0.25) is 0 Å². The van der Waals surface area contributed by atoms with E-state index in [0.717, 1.165) is 22.9 Å². The number of nitrogens with zero attached hydrogens (tertiary/aromatic N) is 8. The monoisotopic (exact) mass is 550 g/mol. The minimum atomic E-state index is -4.75. The van der Waals surface area contributed by atoms with Crippen molar-refractivity contribution in [1.29, 1.82) is 0 Å². The van der Waals surface area contributed by atoms with Crippen LogP contribution in [0.3, 0.4) is 0 Å². The van der Waals surface area contributed by atoms with Gasteiger partial charge in [-0.1, -0.05) is 6.07 Å². The SMILES string of the molecule is Cn1cc(-c2cc(C(F)(F)F)nc(-n3ccc(C(=O)N4CCN(c5cccc(C(F)(F)F)c5)CC4)n3)n2)cn1. The van der Waals surface area contributed by atoms with E-state index in [1.54, 1.807) is 18.0 Å². The number of piperazine rings is 1. The molecule has 1 aromatic carbocycles.